The van der Waals surface area contributed by atoms with Gasteiger partial charge in [0.2, 0.25) is 5.91 Å². The average Bonchev–Trinajstić information content (AvgIpc) is 2.90. The van der Waals surface area contributed by atoms with Crippen molar-refractivity contribution in [1.29, 1.82) is 0 Å². The van der Waals surface area contributed by atoms with Gasteiger partial charge in [0.05, 0.1) is 5.56 Å². The normalized spacial score (nSPS) is 13.4. The Morgan fingerprint density at radius 1 is 1.25 bits per heavy atom. The summed E-state index contributed by atoms with van der Waals surface area (Å²) in [6.45, 7) is 5.16. The zero-order valence-electron chi connectivity index (χ0n) is 11.1. The van der Waals surface area contributed by atoms with E-state index >= 15 is 0 Å². The topological polar surface area (TPSA) is 66.4 Å². The lowest BCUT2D eigenvalue weighted by Gasteiger charge is -2.11. The van der Waals surface area contributed by atoms with Gasteiger partial charge in [-0.15, -0.1) is 0 Å². The molecule has 0 aromatic heterocycles. The maximum absolute atomic E-state index is 12.3. The molecular weight excluding hydrogens is 254 g/mol. The van der Waals surface area contributed by atoms with Crippen LogP contribution in [0, 0.1) is 5.92 Å². The molecule has 4 heteroatoms. The molecule has 0 aliphatic heterocycles. The summed E-state index contributed by atoms with van der Waals surface area (Å²) in [5, 5.41) is 12.5. The van der Waals surface area contributed by atoms with Crippen LogP contribution in [0.1, 0.15) is 17.3 Å². The molecule has 2 N–H and O–H groups in total. The molecule has 1 aliphatic rings. The van der Waals surface area contributed by atoms with Gasteiger partial charge in [-0.2, -0.15) is 0 Å². The van der Waals surface area contributed by atoms with E-state index in [1.54, 1.807) is 6.07 Å². The van der Waals surface area contributed by atoms with E-state index in [1.807, 2.05) is 24.3 Å². The SMILES string of the molecule is C=C(C(=O)c1ccc(NC(C)=O)cc1O)C1C=CC=C1. The summed E-state index contributed by atoms with van der Waals surface area (Å²) in [6, 6.07) is 4.40. The lowest BCUT2D eigenvalue weighted by atomic mass is 9.93. The maximum Gasteiger partial charge on any atom is 0.221 e. The van der Waals surface area contributed by atoms with Crippen LogP contribution in [0.25, 0.3) is 0 Å². The molecule has 0 saturated carbocycles. The van der Waals surface area contributed by atoms with Crippen LogP contribution in [0.3, 0.4) is 0 Å². The second-order valence-electron chi connectivity index (χ2n) is 4.56. The van der Waals surface area contributed by atoms with Crippen LogP contribution in [-0.4, -0.2) is 16.8 Å². The van der Waals surface area contributed by atoms with E-state index in [2.05, 4.69) is 11.9 Å². The van der Waals surface area contributed by atoms with Crippen molar-refractivity contribution in [2.75, 3.05) is 5.32 Å². The molecule has 1 amide bonds. The Bertz CT molecular complexity index is 629. The minimum Gasteiger partial charge on any atom is -0.507 e. The molecule has 1 aliphatic carbocycles. The fraction of sp³-hybridized carbons (Fsp3) is 0.125. The summed E-state index contributed by atoms with van der Waals surface area (Å²) in [7, 11) is 0. The van der Waals surface area contributed by atoms with Gasteiger partial charge in [-0.1, -0.05) is 30.9 Å². The molecule has 0 saturated heterocycles. The number of carbonyl (C=O) groups excluding carboxylic acids is 2. The van der Waals surface area contributed by atoms with E-state index < -0.39 is 0 Å². The first-order valence-corrected chi connectivity index (χ1v) is 6.18. The van der Waals surface area contributed by atoms with Crippen molar-refractivity contribution < 1.29 is 14.7 Å². The molecule has 0 heterocycles. The number of ketones is 1. The molecule has 1 aromatic carbocycles. The number of allylic oxidation sites excluding steroid dienone is 5. The van der Waals surface area contributed by atoms with E-state index in [0.29, 0.717) is 11.3 Å². The number of amides is 1. The predicted octanol–water partition coefficient (Wildman–Crippen LogP) is 2.83. The third kappa shape index (κ3) is 2.85. The van der Waals surface area contributed by atoms with Crippen molar-refractivity contribution in [2.24, 2.45) is 5.92 Å². The van der Waals surface area contributed by atoms with Gasteiger partial charge < -0.3 is 10.4 Å². The first-order valence-electron chi connectivity index (χ1n) is 6.18. The van der Waals surface area contributed by atoms with E-state index in [-0.39, 0.29) is 28.9 Å². The van der Waals surface area contributed by atoms with Gasteiger partial charge in [-0.3, -0.25) is 9.59 Å². The summed E-state index contributed by atoms with van der Waals surface area (Å²) in [5.41, 5.74) is 1.02. The van der Waals surface area contributed by atoms with Crippen LogP contribution in [0.5, 0.6) is 5.75 Å². The third-order valence-corrected chi connectivity index (χ3v) is 3.00. The highest BCUT2D eigenvalue weighted by atomic mass is 16.3. The Hall–Kier alpha value is -2.62. The lowest BCUT2D eigenvalue weighted by Crippen LogP contribution is -2.10. The van der Waals surface area contributed by atoms with Crippen LogP contribution >= 0.6 is 0 Å². The van der Waals surface area contributed by atoms with Crippen molar-refractivity contribution in [3.05, 3.63) is 60.2 Å². The summed E-state index contributed by atoms with van der Waals surface area (Å²) in [5.74, 6) is -0.850. The third-order valence-electron chi connectivity index (χ3n) is 3.00. The molecule has 1 aromatic rings. The monoisotopic (exact) mass is 269 g/mol. The fourth-order valence-corrected chi connectivity index (χ4v) is 1.99. The number of anilines is 1. The van der Waals surface area contributed by atoms with Gasteiger partial charge in [0.1, 0.15) is 5.75 Å². The van der Waals surface area contributed by atoms with Gasteiger partial charge in [0.15, 0.2) is 5.78 Å². The Balaban J connectivity index is 2.22. The number of benzene rings is 1. The van der Waals surface area contributed by atoms with Crippen molar-refractivity contribution in [2.45, 2.75) is 6.92 Å². The Morgan fingerprint density at radius 2 is 1.90 bits per heavy atom. The summed E-state index contributed by atoms with van der Waals surface area (Å²) >= 11 is 0. The van der Waals surface area contributed by atoms with E-state index in [4.69, 9.17) is 0 Å². The van der Waals surface area contributed by atoms with Gasteiger partial charge in [-0.05, 0) is 12.1 Å². The zero-order valence-corrected chi connectivity index (χ0v) is 11.1. The highest BCUT2D eigenvalue weighted by Crippen LogP contribution is 2.28. The van der Waals surface area contributed by atoms with Crippen LogP contribution in [0.4, 0.5) is 5.69 Å². The number of nitrogens with one attached hydrogen (secondary N) is 1. The first-order chi connectivity index (χ1) is 9.49. The number of Topliss-reactive ketones (excluding diaryl/α,β-unsaturated/α-hetero) is 1. The summed E-state index contributed by atoms with van der Waals surface area (Å²) in [6.07, 6.45) is 7.43. The molecular formula is C16H15NO3. The Labute approximate surface area is 117 Å². The minimum atomic E-state index is -0.307. The van der Waals surface area contributed by atoms with Gasteiger partial charge in [0, 0.05) is 30.2 Å². The molecule has 0 atom stereocenters. The number of carbonyl (C=O) groups is 2. The molecule has 20 heavy (non-hydrogen) atoms. The molecule has 0 bridgehead atoms. The van der Waals surface area contributed by atoms with Crippen molar-refractivity contribution >= 4 is 17.4 Å². The summed E-state index contributed by atoms with van der Waals surface area (Å²) < 4.78 is 0. The van der Waals surface area contributed by atoms with Crippen molar-refractivity contribution in [3.63, 3.8) is 0 Å². The van der Waals surface area contributed by atoms with Crippen molar-refractivity contribution in [1.82, 2.24) is 0 Å². The number of rotatable bonds is 4. The molecule has 2 rings (SSSR count). The highest BCUT2D eigenvalue weighted by Gasteiger charge is 2.20. The first kappa shape index (κ1) is 13.8. The number of phenols is 1. The molecule has 0 radical (unpaired) electrons. The highest BCUT2D eigenvalue weighted by molar-refractivity contribution is 6.11. The molecule has 0 fully saturated rings. The Morgan fingerprint density at radius 3 is 2.45 bits per heavy atom. The molecule has 102 valence electrons. The van der Waals surface area contributed by atoms with Crippen LogP contribution in [0.15, 0.2) is 54.7 Å². The molecule has 4 nitrogen and oxygen atoms in total. The quantitative estimate of drug-likeness (QED) is 0.652. The van der Waals surface area contributed by atoms with Crippen molar-refractivity contribution in [3.8, 4) is 5.75 Å². The lowest BCUT2D eigenvalue weighted by molar-refractivity contribution is -0.114. The predicted molar refractivity (Wildman–Crippen MR) is 77.7 cm³/mol. The standard InChI is InChI=1S/C16H15NO3/c1-10(12-5-3-4-6-12)16(20)14-8-7-13(9-15(14)19)17-11(2)18/h3-9,12,19H,1H2,2H3,(H,17,18). The molecule has 0 spiro atoms. The van der Waals surface area contributed by atoms with Crippen LogP contribution < -0.4 is 5.32 Å². The Kier molecular flexibility index (Phi) is 3.84. The average molecular weight is 269 g/mol. The zero-order chi connectivity index (χ0) is 14.7. The summed E-state index contributed by atoms with van der Waals surface area (Å²) in [4.78, 5) is 23.2. The second-order valence-corrected chi connectivity index (χ2v) is 4.56. The second kappa shape index (κ2) is 5.57. The molecule has 0 unspecified atom stereocenters. The van der Waals surface area contributed by atoms with Gasteiger partial charge in [-0.25, -0.2) is 0 Å². The largest absolute Gasteiger partial charge is 0.507 e. The number of phenolic OH excluding ortho intramolecular Hbond substituents is 1. The van der Waals surface area contributed by atoms with E-state index in [1.165, 1.54) is 19.1 Å². The van der Waals surface area contributed by atoms with E-state index in [9.17, 15) is 14.7 Å². The van der Waals surface area contributed by atoms with Crippen LogP contribution in [0.2, 0.25) is 0 Å². The fourth-order valence-electron chi connectivity index (χ4n) is 1.99. The number of hydrogen-bond donors (Lipinski definition) is 2. The smallest absolute Gasteiger partial charge is 0.221 e. The van der Waals surface area contributed by atoms with Crippen LogP contribution in [-0.2, 0) is 4.79 Å². The number of hydrogen-bond acceptors (Lipinski definition) is 3. The minimum absolute atomic E-state index is 0.128. The maximum atomic E-state index is 12.3. The number of aromatic hydroxyl groups is 1. The van der Waals surface area contributed by atoms with Gasteiger partial charge in [0.25, 0.3) is 0 Å². The van der Waals surface area contributed by atoms with Gasteiger partial charge >= 0.3 is 0 Å². The van der Waals surface area contributed by atoms with E-state index in [0.717, 1.165) is 0 Å².